The molecule has 1 aromatic heterocycles. The maximum atomic E-state index is 12.9. The van der Waals surface area contributed by atoms with Crippen LogP contribution in [0, 0.1) is 5.92 Å². The minimum absolute atomic E-state index is 0.121. The zero-order valence-corrected chi connectivity index (χ0v) is 14.7. The lowest BCUT2D eigenvalue weighted by molar-refractivity contribution is 0.0664. The Morgan fingerprint density at radius 1 is 1.08 bits per heavy atom. The van der Waals surface area contributed by atoms with Crippen LogP contribution in [-0.4, -0.2) is 17.0 Å². The topological polar surface area (TPSA) is 79.5 Å². The molecule has 5 heteroatoms. The second-order valence-corrected chi connectivity index (χ2v) is 6.70. The van der Waals surface area contributed by atoms with Gasteiger partial charge in [0.25, 0.3) is 5.91 Å². The van der Waals surface area contributed by atoms with Gasteiger partial charge in [0.05, 0.1) is 11.6 Å². The third-order valence-electron chi connectivity index (χ3n) is 4.23. The number of benzene rings is 2. The molecule has 1 unspecified atom stereocenters. The molecule has 0 bridgehead atoms. The summed E-state index contributed by atoms with van der Waals surface area (Å²) in [4.78, 5) is 24.0. The van der Waals surface area contributed by atoms with Crippen molar-refractivity contribution in [3.05, 3.63) is 71.5 Å². The van der Waals surface area contributed by atoms with E-state index in [1.54, 1.807) is 18.2 Å². The quantitative estimate of drug-likeness (QED) is 0.677. The Bertz CT molecular complexity index is 928. The predicted molar refractivity (Wildman–Crippen MR) is 99.3 cm³/mol. The Hall–Kier alpha value is -3.08. The van der Waals surface area contributed by atoms with E-state index >= 15 is 0 Å². The maximum absolute atomic E-state index is 12.9. The number of rotatable bonds is 6. The number of furan rings is 1. The van der Waals surface area contributed by atoms with Crippen LogP contribution in [0.4, 0.5) is 0 Å². The summed E-state index contributed by atoms with van der Waals surface area (Å²) in [7, 11) is 0. The van der Waals surface area contributed by atoms with E-state index < -0.39 is 5.97 Å². The summed E-state index contributed by atoms with van der Waals surface area (Å²) in [5, 5.41) is 12.7. The highest BCUT2D eigenvalue weighted by Crippen LogP contribution is 2.26. The first-order valence-electron chi connectivity index (χ1n) is 8.57. The smallest absolute Gasteiger partial charge is 0.371 e. The number of carboxylic acid groups (broad SMARTS) is 1. The number of nitrogens with one attached hydrogen (secondary N) is 1. The molecule has 26 heavy (non-hydrogen) atoms. The zero-order valence-electron chi connectivity index (χ0n) is 14.7. The van der Waals surface area contributed by atoms with E-state index in [0.29, 0.717) is 22.5 Å². The molecule has 0 radical (unpaired) electrons. The number of carboxylic acids is 1. The van der Waals surface area contributed by atoms with E-state index in [0.717, 1.165) is 12.0 Å². The SMILES string of the molecule is CC(C)CC(NC(=O)c1cccc2oc(C(=O)O)cc12)c1ccccc1. The fourth-order valence-electron chi connectivity index (χ4n) is 3.04. The number of amides is 1. The third kappa shape index (κ3) is 3.77. The number of hydrogen-bond acceptors (Lipinski definition) is 3. The largest absolute Gasteiger partial charge is 0.475 e. The Kier molecular flexibility index (Phi) is 5.07. The second-order valence-electron chi connectivity index (χ2n) is 6.70. The molecule has 0 aliphatic carbocycles. The highest BCUT2D eigenvalue weighted by Gasteiger charge is 2.20. The van der Waals surface area contributed by atoms with Crippen LogP contribution in [0.1, 0.15) is 52.8 Å². The van der Waals surface area contributed by atoms with Crippen molar-refractivity contribution in [1.82, 2.24) is 5.32 Å². The monoisotopic (exact) mass is 351 g/mol. The van der Waals surface area contributed by atoms with E-state index in [4.69, 9.17) is 9.52 Å². The average Bonchev–Trinajstić information content (AvgIpc) is 3.06. The highest BCUT2D eigenvalue weighted by atomic mass is 16.4. The number of fused-ring (bicyclic) bond motifs is 1. The molecule has 2 N–H and O–H groups in total. The molecule has 3 aromatic rings. The molecular formula is C21H21NO4. The lowest BCUT2D eigenvalue weighted by Gasteiger charge is -2.21. The normalized spacial score (nSPS) is 12.3. The van der Waals surface area contributed by atoms with Gasteiger partial charge in [0.15, 0.2) is 0 Å². The van der Waals surface area contributed by atoms with Gasteiger partial charge in [0.2, 0.25) is 5.76 Å². The Morgan fingerprint density at radius 3 is 2.46 bits per heavy atom. The summed E-state index contributed by atoms with van der Waals surface area (Å²) in [6.07, 6.45) is 0.803. The summed E-state index contributed by atoms with van der Waals surface area (Å²) in [5.74, 6) is -1.18. The first kappa shape index (κ1) is 17.7. The van der Waals surface area contributed by atoms with Gasteiger partial charge in [0.1, 0.15) is 5.58 Å². The molecule has 0 aliphatic heterocycles. The molecule has 1 amide bonds. The van der Waals surface area contributed by atoms with Gasteiger partial charge in [0, 0.05) is 11.5 Å². The van der Waals surface area contributed by atoms with E-state index in [-0.39, 0.29) is 17.7 Å². The molecule has 134 valence electrons. The van der Waals surface area contributed by atoms with Crippen molar-refractivity contribution >= 4 is 22.8 Å². The fourth-order valence-corrected chi connectivity index (χ4v) is 3.04. The van der Waals surface area contributed by atoms with Crippen molar-refractivity contribution in [2.75, 3.05) is 0 Å². The lowest BCUT2D eigenvalue weighted by Crippen LogP contribution is -2.29. The molecule has 1 heterocycles. The van der Waals surface area contributed by atoms with E-state index in [2.05, 4.69) is 19.2 Å². The molecule has 5 nitrogen and oxygen atoms in total. The molecule has 0 fully saturated rings. The zero-order chi connectivity index (χ0) is 18.7. The van der Waals surface area contributed by atoms with Crippen molar-refractivity contribution in [3.8, 4) is 0 Å². The van der Waals surface area contributed by atoms with Gasteiger partial charge in [-0.3, -0.25) is 4.79 Å². The second kappa shape index (κ2) is 7.44. The van der Waals surface area contributed by atoms with Crippen LogP contribution >= 0.6 is 0 Å². The van der Waals surface area contributed by atoms with E-state index in [1.165, 1.54) is 6.07 Å². The Morgan fingerprint density at radius 2 is 1.81 bits per heavy atom. The van der Waals surface area contributed by atoms with Crippen LogP contribution in [0.25, 0.3) is 11.0 Å². The van der Waals surface area contributed by atoms with E-state index in [1.807, 2.05) is 30.3 Å². The van der Waals surface area contributed by atoms with Crippen LogP contribution < -0.4 is 5.32 Å². The highest BCUT2D eigenvalue weighted by molar-refractivity contribution is 6.07. The van der Waals surface area contributed by atoms with Crippen molar-refractivity contribution in [2.24, 2.45) is 5.92 Å². The van der Waals surface area contributed by atoms with Crippen LogP contribution in [0.2, 0.25) is 0 Å². The van der Waals surface area contributed by atoms with Crippen molar-refractivity contribution < 1.29 is 19.1 Å². The van der Waals surface area contributed by atoms with Crippen molar-refractivity contribution in [2.45, 2.75) is 26.3 Å². The minimum atomic E-state index is -1.16. The molecular weight excluding hydrogens is 330 g/mol. The lowest BCUT2D eigenvalue weighted by atomic mass is 9.96. The first-order chi connectivity index (χ1) is 12.5. The molecule has 1 atom stereocenters. The van der Waals surface area contributed by atoms with Crippen molar-refractivity contribution in [1.29, 1.82) is 0 Å². The molecule has 0 saturated carbocycles. The van der Waals surface area contributed by atoms with Crippen LogP contribution in [0.5, 0.6) is 0 Å². The summed E-state index contributed by atoms with van der Waals surface area (Å²) in [5.41, 5.74) is 1.83. The van der Waals surface area contributed by atoms with Gasteiger partial charge in [-0.1, -0.05) is 50.2 Å². The Balaban J connectivity index is 1.92. The van der Waals surface area contributed by atoms with Crippen LogP contribution in [0.15, 0.2) is 59.0 Å². The third-order valence-corrected chi connectivity index (χ3v) is 4.23. The Labute approximate surface area is 151 Å². The maximum Gasteiger partial charge on any atom is 0.371 e. The summed E-state index contributed by atoms with van der Waals surface area (Å²) in [6, 6.07) is 16.1. The number of hydrogen-bond donors (Lipinski definition) is 2. The molecule has 0 saturated heterocycles. The van der Waals surface area contributed by atoms with E-state index in [9.17, 15) is 9.59 Å². The standard InChI is InChI=1S/C21H21NO4/c1-13(2)11-17(14-7-4-3-5-8-14)22-20(23)15-9-6-10-18-16(15)12-19(26-18)21(24)25/h3-10,12-13,17H,11H2,1-2H3,(H,22,23)(H,24,25). The average molecular weight is 351 g/mol. The fraction of sp³-hybridized carbons (Fsp3) is 0.238. The first-order valence-corrected chi connectivity index (χ1v) is 8.57. The summed E-state index contributed by atoms with van der Waals surface area (Å²) < 4.78 is 5.29. The van der Waals surface area contributed by atoms with Crippen LogP contribution in [-0.2, 0) is 0 Å². The van der Waals surface area contributed by atoms with Gasteiger partial charge >= 0.3 is 5.97 Å². The molecule has 3 rings (SSSR count). The number of carbonyl (C=O) groups is 2. The summed E-state index contributed by atoms with van der Waals surface area (Å²) in [6.45, 7) is 4.22. The van der Waals surface area contributed by atoms with Gasteiger partial charge in [-0.25, -0.2) is 4.79 Å². The molecule has 0 aliphatic rings. The number of aromatic carboxylic acids is 1. The van der Waals surface area contributed by atoms with Gasteiger partial charge in [-0.2, -0.15) is 0 Å². The summed E-state index contributed by atoms with van der Waals surface area (Å²) >= 11 is 0. The van der Waals surface area contributed by atoms with Gasteiger partial charge < -0.3 is 14.8 Å². The minimum Gasteiger partial charge on any atom is -0.475 e. The molecule has 0 spiro atoms. The predicted octanol–water partition coefficient (Wildman–Crippen LogP) is 4.65. The molecule has 2 aromatic carbocycles. The van der Waals surface area contributed by atoms with Gasteiger partial charge in [-0.05, 0) is 30.0 Å². The van der Waals surface area contributed by atoms with Gasteiger partial charge in [-0.15, -0.1) is 0 Å². The number of carbonyl (C=O) groups excluding carboxylic acids is 1. The van der Waals surface area contributed by atoms with Crippen LogP contribution in [0.3, 0.4) is 0 Å². The van der Waals surface area contributed by atoms with Crippen molar-refractivity contribution in [3.63, 3.8) is 0 Å².